The first kappa shape index (κ1) is 16.9. The van der Waals surface area contributed by atoms with Crippen LogP contribution >= 0.6 is 0 Å². The van der Waals surface area contributed by atoms with Crippen molar-refractivity contribution in [2.24, 2.45) is 0 Å². The third kappa shape index (κ3) is 3.95. The molecule has 5 heteroatoms. The zero-order valence-corrected chi connectivity index (χ0v) is 14.1. The highest BCUT2D eigenvalue weighted by atomic mass is 16.5. The van der Waals surface area contributed by atoms with Gasteiger partial charge < -0.3 is 14.6 Å². The Kier molecular flexibility index (Phi) is 5.26. The SMILES string of the molecule is COCCn1ccc2ccc(C(=O)NCC(=O)c3ccccc3)cc21. The highest BCUT2D eigenvalue weighted by Crippen LogP contribution is 2.18. The largest absolute Gasteiger partial charge is 0.383 e. The van der Waals surface area contributed by atoms with E-state index in [2.05, 4.69) is 5.32 Å². The highest BCUT2D eigenvalue weighted by molar-refractivity contribution is 6.03. The Labute approximate surface area is 146 Å². The van der Waals surface area contributed by atoms with E-state index < -0.39 is 0 Å². The number of nitrogens with one attached hydrogen (secondary N) is 1. The summed E-state index contributed by atoms with van der Waals surface area (Å²) in [6.45, 7) is 1.30. The second kappa shape index (κ2) is 7.77. The number of ether oxygens (including phenoxy) is 1. The summed E-state index contributed by atoms with van der Waals surface area (Å²) in [5, 5.41) is 3.76. The van der Waals surface area contributed by atoms with Crippen LogP contribution in [-0.4, -0.2) is 36.5 Å². The molecule has 1 amide bonds. The molecule has 0 aliphatic heterocycles. The number of ketones is 1. The van der Waals surface area contributed by atoms with Gasteiger partial charge in [-0.1, -0.05) is 36.4 Å². The summed E-state index contributed by atoms with van der Waals surface area (Å²) in [7, 11) is 1.66. The van der Waals surface area contributed by atoms with Gasteiger partial charge in [-0.15, -0.1) is 0 Å². The zero-order chi connectivity index (χ0) is 17.6. The van der Waals surface area contributed by atoms with Gasteiger partial charge in [-0.2, -0.15) is 0 Å². The number of carbonyl (C=O) groups is 2. The van der Waals surface area contributed by atoms with Crippen LogP contribution < -0.4 is 5.32 Å². The molecule has 0 unspecified atom stereocenters. The van der Waals surface area contributed by atoms with E-state index in [-0.39, 0.29) is 18.2 Å². The molecule has 0 saturated heterocycles. The minimum Gasteiger partial charge on any atom is -0.383 e. The van der Waals surface area contributed by atoms with Crippen molar-refractivity contribution >= 4 is 22.6 Å². The van der Waals surface area contributed by atoms with Gasteiger partial charge in [0.1, 0.15) is 0 Å². The van der Waals surface area contributed by atoms with Crippen LogP contribution in [-0.2, 0) is 11.3 Å². The number of benzene rings is 2. The van der Waals surface area contributed by atoms with Crippen molar-refractivity contribution in [3.05, 3.63) is 71.9 Å². The fraction of sp³-hybridized carbons (Fsp3) is 0.200. The Morgan fingerprint density at radius 1 is 1.04 bits per heavy atom. The van der Waals surface area contributed by atoms with Crippen LogP contribution in [0.1, 0.15) is 20.7 Å². The maximum Gasteiger partial charge on any atom is 0.251 e. The first-order valence-electron chi connectivity index (χ1n) is 8.13. The van der Waals surface area contributed by atoms with E-state index in [1.807, 2.05) is 35.0 Å². The van der Waals surface area contributed by atoms with Crippen molar-refractivity contribution in [3.63, 3.8) is 0 Å². The zero-order valence-electron chi connectivity index (χ0n) is 14.1. The molecule has 1 N–H and O–H groups in total. The molecular weight excluding hydrogens is 316 g/mol. The number of carbonyl (C=O) groups excluding carboxylic acids is 2. The Bertz CT molecular complexity index is 884. The Morgan fingerprint density at radius 3 is 2.60 bits per heavy atom. The molecule has 0 spiro atoms. The summed E-state index contributed by atoms with van der Waals surface area (Å²) in [6, 6.07) is 16.5. The minimum atomic E-state index is -0.259. The van der Waals surface area contributed by atoms with Gasteiger partial charge in [0, 0.05) is 36.5 Å². The predicted octanol–water partition coefficient (Wildman–Crippen LogP) is 2.90. The smallest absolute Gasteiger partial charge is 0.251 e. The molecule has 3 aromatic rings. The van der Waals surface area contributed by atoms with Crippen molar-refractivity contribution < 1.29 is 14.3 Å². The van der Waals surface area contributed by atoms with Gasteiger partial charge in [0.05, 0.1) is 13.2 Å². The molecule has 0 saturated carbocycles. The fourth-order valence-corrected chi connectivity index (χ4v) is 2.70. The van der Waals surface area contributed by atoms with E-state index >= 15 is 0 Å². The number of methoxy groups -OCH3 is 1. The molecule has 0 atom stereocenters. The monoisotopic (exact) mass is 336 g/mol. The number of aromatic nitrogens is 1. The number of amides is 1. The lowest BCUT2D eigenvalue weighted by Gasteiger charge is -2.07. The van der Waals surface area contributed by atoms with Crippen molar-refractivity contribution in [1.82, 2.24) is 9.88 Å². The molecule has 0 aliphatic rings. The molecule has 1 heterocycles. The van der Waals surface area contributed by atoms with Crippen LogP contribution in [0.5, 0.6) is 0 Å². The number of hydrogen-bond acceptors (Lipinski definition) is 3. The molecule has 0 aliphatic carbocycles. The maximum absolute atomic E-state index is 12.4. The van der Waals surface area contributed by atoms with Crippen molar-refractivity contribution in [1.29, 1.82) is 0 Å². The predicted molar refractivity (Wildman–Crippen MR) is 96.9 cm³/mol. The molecule has 5 nitrogen and oxygen atoms in total. The Balaban J connectivity index is 1.70. The van der Waals surface area contributed by atoms with E-state index in [0.717, 1.165) is 17.4 Å². The van der Waals surface area contributed by atoms with Crippen LogP contribution in [0.25, 0.3) is 10.9 Å². The van der Waals surface area contributed by atoms with Crippen molar-refractivity contribution in [3.8, 4) is 0 Å². The average molecular weight is 336 g/mol. The van der Waals surface area contributed by atoms with E-state index in [9.17, 15) is 9.59 Å². The first-order chi connectivity index (χ1) is 12.2. The number of hydrogen-bond donors (Lipinski definition) is 1. The Hall–Kier alpha value is -2.92. The van der Waals surface area contributed by atoms with Gasteiger partial charge in [0.15, 0.2) is 5.78 Å². The van der Waals surface area contributed by atoms with Gasteiger partial charge in [0.25, 0.3) is 5.91 Å². The second-order valence-electron chi connectivity index (χ2n) is 5.75. The molecule has 2 aromatic carbocycles. The van der Waals surface area contributed by atoms with Gasteiger partial charge >= 0.3 is 0 Å². The molecule has 0 radical (unpaired) electrons. The molecule has 0 fully saturated rings. The van der Waals surface area contributed by atoms with Crippen LogP contribution in [0.4, 0.5) is 0 Å². The minimum absolute atomic E-state index is 0.0223. The second-order valence-corrected chi connectivity index (χ2v) is 5.75. The summed E-state index contributed by atoms with van der Waals surface area (Å²) < 4.78 is 7.16. The normalized spacial score (nSPS) is 10.8. The molecule has 128 valence electrons. The van der Waals surface area contributed by atoms with E-state index in [0.29, 0.717) is 17.7 Å². The van der Waals surface area contributed by atoms with E-state index in [4.69, 9.17) is 4.74 Å². The number of rotatable bonds is 7. The van der Waals surface area contributed by atoms with Crippen LogP contribution in [0.2, 0.25) is 0 Å². The number of fused-ring (bicyclic) bond motifs is 1. The van der Waals surface area contributed by atoms with E-state index in [1.54, 1.807) is 37.4 Å². The van der Waals surface area contributed by atoms with Crippen LogP contribution in [0.15, 0.2) is 60.8 Å². The summed E-state index contributed by atoms with van der Waals surface area (Å²) in [5.41, 5.74) is 2.09. The Morgan fingerprint density at radius 2 is 1.84 bits per heavy atom. The molecule has 0 bridgehead atoms. The molecule has 25 heavy (non-hydrogen) atoms. The summed E-state index contributed by atoms with van der Waals surface area (Å²) in [5.74, 6) is -0.371. The van der Waals surface area contributed by atoms with Gasteiger partial charge in [-0.25, -0.2) is 0 Å². The quantitative estimate of drug-likeness (QED) is 0.675. The van der Waals surface area contributed by atoms with Crippen LogP contribution in [0.3, 0.4) is 0 Å². The molecular formula is C20H20N2O3. The maximum atomic E-state index is 12.4. The number of Topliss-reactive ketones (excluding diaryl/α,β-unsaturated/α-hetero) is 1. The topological polar surface area (TPSA) is 60.3 Å². The molecule has 1 aromatic heterocycles. The van der Waals surface area contributed by atoms with Gasteiger partial charge in [-0.05, 0) is 23.6 Å². The lowest BCUT2D eigenvalue weighted by atomic mass is 10.1. The summed E-state index contributed by atoms with van der Waals surface area (Å²) in [4.78, 5) is 24.5. The highest BCUT2D eigenvalue weighted by Gasteiger charge is 2.11. The van der Waals surface area contributed by atoms with Crippen molar-refractivity contribution in [2.75, 3.05) is 20.3 Å². The fourth-order valence-electron chi connectivity index (χ4n) is 2.70. The summed E-state index contributed by atoms with van der Waals surface area (Å²) >= 11 is 0. The van der Waals surface area contributed by atoms with Crippen molar-refractivity contribution in [2.45, 2.75) is 6.54 Å². The number of nitrogens with zero attached hydrogens (tertiary/aromatic N) is 1. The standard InChI is InChI=1S/C20H20N2O3/c1-25-12-11-22-10-9-15-7-8-17(13-18(15)22)20(24)21-14-19(23)16-5-3-2-4-6-16/h2-10,13H,11-12,14H2,1H3,(H,21,24). The lowest BCUT2D eigenvalue weighted by molar-refractivity contribution is 0.0904. The van der Waals surface area contributed by atoms with Gasteiger partial charge in [0.2, 0.25) is 0 Å². The van der Waals surface area contributed by atoms with Gasteiger partial charge in [-0.3, -0.25) is 9.59 Å². The first-order valence-corrected chi connectivity index (χ1v) is 8.13. The third-order valence-electron chi connectivity index (χ3n) is 4.08. The lowest BCUT2D eigenvalue weighted by Crippen LogP contribution is -2.29. The third-order valence-corrected chi connectivity index (χ3v) is 4.08. The van der Waals surface area contributed by atoms with Crippen LogP contribution in [0, 0.1) is 0 Å². The summed E-state index contributed by atoms with van der Waals surface area (Å²) in [6.07, 6.45) is 1.98. The average Bonchev–Trinajstić information content (AvgIpc) is 3.07. The van der Waals surface area contributed by atoms with E-state index in [1.165, 1.54) is 0 Å². The molecule has 3 rings (SSSR count).